The molecule has 0 bridgehead atoms. The molecule has 7 heteroatoms. The molecule has 0 spiro atoms. The van der Waals surface area contributed by atoms with Crippen LogP contribution in [0.5, 0.6) is 11.5 Å². The van der Waals surface area contributed by atoms with Crippen molar-refractivity contribution in [1.82, 2.24) is 5.32 Å². The fraction of sp³-hybridized carbons (Fsp3) is 0.263. The van der Waals surface area contributed by atoms with Gasteiger partial charge in [-0.1, -0.05) is 12.1 Å². The van der Waals surface area contributed by atoms with E-state index in [2.05, 4.69) is 5.32 Å². The van der Waals surface area contributed by atoms with E-state index in [1.54, 1.807) is 23.9 Å². The maximum absolute atomic E-state index is 12.0. The third-order valence-corrected chi connectivity index (χ3v) is 4.80. The summed E-state index contributed by atoms with van der Waals surface area (Å²) >= 11 is 1.59. The van der Waals surface area contributed by atoms with Gasteiger partial charge in [0.25, 0.3) is 0 Å². The Bertz CT molecular complexity index is 791. The molecule has 136 valence electrons. The third kappa shape index (κ3) is 4.92. The van der Waals surface area contributed by atoms with E-state index in [1.807, 2.05) is 18.2 Å². The van der Waals surface area contributed by atoms with Crippen molar-refractivity contribution in [3.63, 3.8) is 0 Å². The molecule has 1 aliphatic rings. The van der Waals surface area contributed by atoms with E-state index in [9.17, 15) is 9.59 Å². The number of amides is 1. The number of nitrogens with one attached hydrogen (secondary N) is 1. The van der Waals surface area contributed by atoms with Crippen molar-refractivity contribution in [2.45, 2.75) is 17.9 Å². The third-order valence-electron chi connectivity index (χ3n) is 3.80. The van der Waals surface area contributed by atoms with E-state index in [4.69, 9.17) is 14.6 Å². The van der Waals surface area contributed by atoms with E-state index in [-0.39, 0.29) is 11.5 Å². The summed E-state index contributed by atoms with van der Waals surface area (Å²) in [6.07, 6.45) is 0.395. The van der Waals surface area contributed by atoms with Crippen molar-refractivity contribution in [2.24, 2.45) is 0 Å². The number of benzene rings is 2. The topological polar surface area (TPSA) is 84.9 Å². The standard InChI is InChI=1S/C19H19NO5S/c21-18(20-12-13-1-3-14(4-2-13)19(22)23)7-10-26-15-5-6-16-17(11-15)25-9-8-24-16/h1-6,11H,7-10,12H2,(H,20,21)(H,22,23). The Morgan fingerprint density at radius 3 is 2.50 bits per heavy atom. The highest BCUT2D eigenvalue weighted by atomic mass is 32.2. The predicted octanol–water partition coefficient (Wildman–Crippen LogP) is 2.95. The monoisotopic (exact) mass is 373 g/mol. The SMILES string of the molecule is O=C(CCSc1ccc2c(c1)OCCO2)NCc1ccc(C(=O)O)cc1. The molecule has 0 saturated heterocycles. The molecule has 1 amide bonds. The van der Waals surface area contributed by atoms with E-state index >= 15 is 0 Å². The number of aromatic carboxylic acids is 1. The molecule has 1 heterocycles. The molecule has 26 heavy (non-hydrogen) atoms. The molecule has 0 radical (unpaired) electrons. The summed E-state index contributed by atoms with van der Waals surface area (Å²) in [6, 6.07) is 12.2. The molecule has 0 saturated carbocycles. The first kappa shape index (κ1) is 18.1. The average Bonchev–Trinajstić information content (AvgIpc) is 2.66. The van der Waals surface area contributed by atoms with Crippen molar-refractivity contribution in [2.75, 3.05) is 19.0 Å². The van der Waals surface area contributed by atoms with Crippen LogP contribution in [0.3, 0.4) is 0 Å². The van der Waals surface area contributed by atoms with Crippen molar-refractivity contribution in [3.8, 4) is 11.5 Å². The number of carbonyl (C=O) groups is 2. The van der Waals surface area contributed by atoms with Gasteiger partial charge in [0.1, 0.15) is 13.2 Å². The second-order valence-electron chi connectivity index (χ2n) is 5.68. The van der Waals surface area contributed by atoms with E-state index in [1.165, 1.54) is 12.1 Å². The number of rotatable bonds is 7. The van der Waals surface area contributed by atoms with Crippen LogP contribution in [-0.2, 0) is 11.3 Å². The number of thioether (sulfide) groups is 1. The minimum Gasteiger partial charge on any atom is -0.486 e. The number of ether oxygens (including phenoxy) is 2. The van der Waals surface area contributed by atoms with Crippen LogP contribution >= 0.6 is 11.8 Å². The van der Waals surface area contributed by atoms with Crippen LogP contribution in [0, 0.1) is 0 Å². The van der Waals surface area contributed by atoms with Gasteiger partial charge in [0.15, 0.2) is 11.5 Å². The molecule has 0 atom stereocenters. The van der Waals surface area contributed by atoms with E-state index in [0.717, 1.165) is 22.0 Å². The lowest BCUT2D eigenvalue weighted by Gasteiger charge is -2.18. The van der Waals surface area contributed by atoms with Gasteiger partial charge < -0.3 is 19.9 Å². The van der Waals surface area contributed by atoms with Crippen molar-refractivity contribution < 1.29 is 24.2 Å². The summed E-state index contributed by atoms with van der Waals surface area (Å²) in [4.78, 5) is 23.8. The number of carbonyl (C=O) groups excluding carboxylic acids is 1. The lowest BCUT2D eigenvalue weighted by atomic mass is 10.1. The molecule has 0 fully saturated rings. The minimum absolute atomic E-state index is 0.0441. The summed E-state index contributed by atoms with van der Waals surface area (Å²) < 4.78 is 11.0. The summed E-state index contributed by atoms with van der Waals surface area (Å²) in [5.74, 6) is 1.15. The van der Waals surface area contributed by atoms with Crippen LogP contribution in [0.15, 0.2) is 47.4 Å². The first-order valence-electron chi connectivity index (χ1n) is 8.23. The van der Waals surface area contributed by atoms with Gasteiger partial charge in [0, 0.05) is 23.6 Å². The second-order valence-corrected chi connectivity index (χ2v) is 6.85. The highest BCUT2D eigenvalue weighted by Gasteiger charge is 2.12. The Morgan fingerprint density at radius 2 is 1.77 bits per heavy atom. The van der Waals surface area contributed by atoms with Gasteiger partial charge in [-0.3, -0.25) is 4.79 Å². The zero-order valence-electron chi connectivity index (χ0n) is 14.1. The van der Waals surface area contributed by atoms with Gasteiger partial charge in [0.2, 0.25) is 5.91 Å². The van der Waals surface area contributed by atoms with Gasteiger partial charge >= 0.3 is 5.97 Å². The molecule has 2 aromatic carbocycles. The summed E-state index contributed by atoms with van der Waals surface area (Å²) in [7, 11) is 0. The molecule has 1 aliphatic heterocycles. The summed E-state index contributed by atoms with van der Waals surface area (Å²) in [6.45, 7) is 1.50. The number of carboxylic acids is 1. The predicted molar refractivity (Wildman–Crippen MR) is 98.0 cm³/mol. The van der Waals surface area contributed by atoms with Crippen LogP contribution in [0.1, 0.15) is 22.3 Å². The summed E-state index contributed by atoms with van der Waals surface area (Å²) in [5, 5.41) is 11.7. The highest BCUT2D eigenvalue weighted by molar-refractivity contribution is 7.99. The number of carboxylic acid groups (broad SMARTS) is 1. The first-order chi connectivity index (χ1) is 12.6. The molecule has 0 unspecified atom stereocenters. The average molecular weight is 373 g/mol. The molecule has 0 aliphatic carbocycles. The van der Waals surface area contributed by atoms with Gasteiger partial charge in [-0.2, -0.15) is 0 Å². The highest BCUT2D eigenvalue weighted by Crippen LogP contribution is 2.34. The van der Waals surface area contributed by atoms with Crippen molar-refractivity contribution in [3.05, 3.63) is 53.6 Å². The van der Waals surface area contributed by atoms with Crippen molar-refractivity contribution >= 4 is 23.6 Å². The minimum atomic E-state index is -0.961. The van der Waals surface area contributed by atoms with Crippen LogP contribution in [-0.4, -0.2) is 35.9 Å². The fourth-order valence-corrected chi connectivity index (χ4v) is 3.31. The molecule has 2 aromatic rings. The number of hydrogen-bond donors (Lipinski definition) is 2. The normalized spacial score (nSPS) is 12.5. The van der Waals surface area contributed by atoms with Crippen LogP contribution in [0.25, 0.3) is 0 Å². The lowest BCUT2D eigenvalue weighted by molar-refractivity contribution is -0.120. The molecule has 6 nitrogen and oxygen atoms in total. The van der Waals surface area contributed by atoms with E-state index in [0.29, 0.717) is 31.9 Å². The van der Waals surface area contributed by atoms with Crippen molar-refractivity contribution in [1.29, 1.82) is 0 Å². The van der Waals surface area contributed by atoms with Crippen LogP contribution in [0.2, 0.25) is 0 Å². The summed E-state index contributed by atoms with van der Waals surface area (Å²) in [5.41, 5.74) is 1.10. The first-order valence-corrected chi connectivity index (χ1v) is 9.22. The van der Waals surface area contributed by atoms with Gasteiger partial charge in [-0.05, 0) is 35.9 Å². The van der Waals surface area contributed by atoms with Crippen LogP contribution in [0.4, 0.5) is 0 Å². The smallest absolute Gasteiger partial charge is 0.335 e. The Kier molecular flexibility index (Phi) is 6.01. The maximum atomic E-state index is 12.0. The molecular formula is C19H19NO5S. The maximum Gasteiger partial charge on any atom is 0.335 e. The molecule has 2 N–H and O–H groups in total. The van der Waals surface area contributed by atoms with E-state index < -0.39 is 5.97 Å². The zero-order chi connectivity index (χ0) is 18.4. The number of fused-ring (bicyclic) bond motifs is 1. The molecular weight excluding hydrogens is 354 g/mol. The largest absolute Gasteiger partial charge is 0.486 e. The van der Waals surface area contributed by atoms with Gasteiger partial charge in [-0.25, -0.2) is 4.79 Å². The van der Waals surface area contributed by atoms with Crippen LogP contribution < -0.4 is 14.8 Å². The number of hydrogen-bond acceptors (Lipinski definition) is 5. The quantitative estimate of drug-likeness (QED) is 0.726. The van der Waals surface area contributed by atoms with Gasteiger partial charge in [-0.15, -0.1) is 11.8 Å². The zero-order valence-corrected chi connectivity index (χ0v) is 14.9. The Morgan fingerprint density at radius 1 is 1.04 bits per heavy atom. The van der Waals surface area contributed by atoms with Gasteiger partial charge in [0.05, 0.1) is 5.56 Å². The molecule has 0 aromatic heterocycles. The Balaban J connectivity index is 1.41. The second kappa shape index (κ2) is 8.62. The fourth-order valence-electron chi connectivity index (χ4n) is 2.43. The Labute approximate surface area is 155 Å². The molecule has 3 rings (SSSR count). The Hall–Kier alpha value is -2.67. The lowest BCUT2D eigenvalue weighted by Crippen LogP contribution is -2.23.